The molecule has 1 aliphatic rings. The van der Waals surface area contributed by atoms with E-state index in [4.69, 9.17) is 16.3 Å². The van der Waals surface area contributed by atoms with E-state index in [0.717, 1.165) is 32.7 Å². The van der Waals surface area contributed by atoms with Gasteiger partial charge in [0.15, 0.2) is 0 Å². The molecule has 0 atom stereocenters. The highest BCUT2D eigenvalue weighted by Gasteiger charge is 2.21. The van der Waals surface area contributed by atoms with Crippen LogP contribution in [0.5, 0.6) is 5.75 Å². The fourth-order valence-corrected chi connectivity index (χ4v) is 2.47. The molecule has 0 aromatic heterocycles. The first kappa shape index (κ1) is 14.2. The summed E-state index contributed by atoms with van der Waals surface area (Å²) >= 11 is 5.73. The van der Waals surface area contributed by atoms with Crippen molar-refractivity contribution in [3.05, 3.63) is 29.8 Å². The maximum atomic E-state index is 12.4. The van der Waals surface area contributed by atoms with Gasteiger partial charge < -0.3 is 9.64 Å². The molecule has 104 valence electrons. The van der Waals surface area contributed by atoms with Crippen molar-refractivity contribution >= 4 is 17.5 Å². The highest BCUT2D eigenvalue weighted by Crippen LogP contribution is 2.15. The second-order valence-electron chi connectivity index (χ2n) is 4.55. The lowest BCUT2D eigenvalue weighted by Crippen LogP contribution is -2.49. The van der Waals surface area contributed by atoms with Crippen molar-refractivity contribution < 1.29 is 9.53 Å². The van der Waals surface area contributed by atoms with Crippen LogP contribution in [0, 0.1) is 0 Å². The molecule has 0 spiro atoms. The first-order valence-corrected chi connectivity index (χ1v) is 6.99. The molecule has 1 aromatic carbocycles. The zero-order valence-electron chi connectivity index (χ0n) is 11.1. The lowest BCUT2D eigenvalue weighted by Gasteiger charge is -2.34. The number of ether oxygens (including phenoxy) is 1. The minimum Gasteiger partial charge on any atom is -0.497 e. The number of carbonyl (C=O) groups excluding carboxylic acids is 1. The van der Waals surface area contributed by atoms with E-state index in [1.807, 2.05) is 23.1 Å². The number of alkyl halides is 1. The molecule has 2 rings (SSSR count). The highest BCUT2D eigenvalue weighted by atomic mass is 35.5. The summed E-state index contributed by atoms with van der Waals surface area (Å²) < 4.78 is 5.15. The van der Waals surface area contributed by atoms with E-state index < -0.39 is 0 Å². The predicted molar refractivity (Wildman–Crippen MR) is 76.1 cm³/mol. The Balaban J connectivity index is 1.97. The smallest absolute Gasteiger partial charge is 0.254 e. The van der Waals surface area contributed by atoms with Crippen molar-refractivity contribution in [2.24, 2.45) is 0 Å². The summed E-state index contributed by atoms with van der Waals surface area (Å²) in [6.07, 6.45) is 0. The molecule has 1 heterocycles. The normalized spacial score (nSPS) is 16.4. The van der Waals surface area contributed by atoms with Crippen LogP contribution in [0.25, 0.3) is 0 Å². The molecule has 1 saturated heterocycles. The largest absolute Gasteiger partial charge is 0.497 e. The summed E-state index contributed by atoms with van der Waals surface area (Å²) in [5.74, 6) is 1.43. The zero-order valence-corrected chi connectivity index (χ0v) is 11.9. The predicted octanol–water partition coefficient (Wildman–Crippen LogP) is 1.69. The monoisotopic (exact) mass is 282 g/mol. The average molecular weight is 283 g/mol. The van der Waals surface area contributed by atoms with E-state index in [9.17, 15) is 4.79 Å². The Morgan fingerprint density at radius 1 is 1.32 bits per heavy atom. The van der Waals surface area contributed by atoms with Gasteiger partial charge in [0, 0.05) is 44.2 Å². The van der Waals surface area contributed by atoms with Crippen LogP contribution in [0.2, 0.25) is 0 Å². The number of hydrogen-bond acceptors (Lipinski definition) is 3. The molecule has 0 unspecified atom stereocenters. The van der Waals surface area contributed by atoms with Crippen LogP contribution in [0.3, 0.4) is 0 Å². The molecule has 1 amide bonds. The molecule has 0 saturated carbocycles. The molecule has 1 aromatic rings. The van der Waals surface area contributed by atoms with Crippen LogP contribution in [0.1, 0.15) is 10.4 Å². The maximum Gasteiger partial charge on any atom is 0.254 e. The SMILES string of the molecule is COc1cccc(C(=O)N2CCN(CCCl)CC2)c1. The number of benzene rings is 1. The first-order valence-electron chi connectivity index (χ1n) is 6.46. The van der Waals surface area contributed by atoms with Crippen LogP contribution in [-0.4, -0.2) is 61.4 Å². The van der Waals surface area contributed by atoms with Crippen LogP contribution in [0.4, 0.5) is 0 Å². The number of rotatable bonds is 4. The van der Waals surface area contributed by atoms with Crippen LogP contribution >= 0.6 is 11.6 Å². The molecule has 0 aliphatic carbocycles. The van der Waals surface area contributed by atoms with Crippen LogP contribution < -0.4 is 4.74 Å². The van der Waals surface area contributed by atoms with Crippen molar-refractivity contribution in [3.63, 3.8) is 0 Å². The standard InChI is InChI=1S/C14H19ClN2O2/c1-19-13-4-2-3-12(11-13)14(18)17-9-7-16(6-5-15)8-10-17/h2-4,11H,5-10H2,1H3. The summed E-state index contributed by atoms with van der Waals surface area (Å²) in [5.41, 5.74) is 0.685. The van der Waals surface area contributed by atoms with Gasteiger partial charge in [-0.1, -0.05) is 6.07 Å². The van der Waals surface area contributed by atoms with Crippen molar-refractivity contribution in [2.45, 2.75) is 0 Å². The summed E-state index contributed by atoms with van der Waals surface area (Å²) in [5, 5.41) is 0. The van der Waals surface area contributed by atoms with Crippen LogP contribution in [-0.2, 0) is 0 Å². The quantitative estimate of drug-likeness (QED) is 0.788. The number of piperazine rings is 1. The van der Waals surface area contributed by atoms with E-state index in [2.05, 4.69) is 4.90 Å². The van der Waals surface area contributed by atoms with E-state index in [0.29, 0.717) is 17.2 Å². The summed E-state index contributed by atoms with van der Waals surface area (Å²) in [6, 6.07) is 7.30. The molecule has 5 heteroatoms. The van der Waals surface area contributed by atoms with Gasteiger partial charge in [0.2, 0.25) is 0 Å². The van der Waals surface area contributed by atoms with Crippen LogP contribution in [0.15, 0.2) is 24.3 Å². The second-order valence-corrected chi connectivity index (χ2v) is 4.93. The third-order valence-corrected chi connectivity index (χ3v) is 3.55. The van der Waals surface area contributed by atoms with Gasteiger partial charge in [0.05, 0.1) is 7.11 Å². The lowest BCUT2D eigenvalue weighted by molar-refractivity contribution is 0.0644. The molecular weight excluding hydrogens is 264 g/mol. The van der Waals surface area contributed by atoms with Gasteiger partial charge in [-0.15, -0.1) is 11.6 Å². The first-order chi connectivity index (χ1) is 9.24. The third kappa shape index (κ3) is 3.61. The number of hydrogen-bond donors (Lipinski definition) is 0. The number of halogens is 1. The molecule has 0 radical (unpaired) electrons. The van der Waals surface area contributed by atoms with Crippen molar-refractivity contribution in [1.29, 1.82) is 0 Å². The van der Waals surface area contributed by atoms with Gasteiger partial charge in [-0.3, -0.25) is 9.69 Å². The Morgan fingerprint density at radius 3 is 2.68 bits per heavy atom. The molecule has 1 fully saturated rings. The fourth-order valence-electron chi connectivity index (χ4n) is 2.23. The van der Waals surface area contributed by atoms with E-state index in [1.165, 1.54) is 0 Å². The van der Waals surface area contributed by atoms with Gasteiger partial charge in [-0.05, 0) is 18.2 Å². The Kier molecular flexibility index (Phi) is 5.05. The lowest BCUT2D eigenvalue weighted by atomic mass is 10.1. The number of methoxy groups -OCH3 is 1. The van der Waals surface area contributed by atoms with E-state index >= 15 is 0 Å². The molecule has 0 bridgehead atoms. The van der Waals surface area contributed by atoms with Crippen molar-refractivity contribution in [1.82, 2.24) is 9.80 Å². The van der Waals surface area contributed by atoms with Gasteiger partial charge in [0.25, 0.3) is 5.91 Å². The topological polar surface area (TPSA) is 32.8 Å². The Morgan fingerprint density at radius 2 is 2.05 bits per heavy atom. The van der Waals surface area contributed by atoms with Crippen molar-refractivity contribution in [2.75, 3.05) is 45.7 Å². The molecule has 0 N–H and O–H groups in total. The van der Waals surface area contributed by atoms with Gasteiger partial charge >= 0.3 is 0 Å². The summed E-state index contributed by atoms with van der Waals surface area (Å²) in [6.45, 7) is 4.19. The van der Waals surface area contributed by atoms with Gasteiger partial charge in [0.1, 0.15) is 5.75 Å². The fraction of sp³-hybridized carbons (Fsp3) is 0.500. The Bertz CT molecular complexity index is 431. The molecule has 1 aliphatic heterocycles. The Hall–Kier alpha value is -1.26. The Labute approximate surface area is 118 Å². The highest BCUT2D eigenvalue weighted by molar-refractivity contribution is 6.18. The third-order valence-electron chi connectivity index (χ3n) is 3.38. The number of amides is 1. The summed E-state index contributed by atoms with van der Waals surface area (Å²) in [7, 11) is 1.61. The molecule has 19 heavy (non-hydrogen) atoms. The zero-order chi connectivity index (χ0) is 13.7. The van der Waals surface area contributed by atoms with Gasteiger partial charge in [-0.2, -0.15) is 0 Å². The summed E-state index contributed by atoms with van der Waals surface area (Å²) in [4.78, 5) is 16.5. The van der Waals surface area contributed by atoms with E-state index in [-0.39, 0.29) is 5.91 Å². The maximum absolute atomic E-state index is 12.4. The minimum atomic E-state index is 0.0735. The average Bonchev–Trinajstić information content (AvgIpc) is 2.48. The minimum absolute atomic E-state index is 0.0735. The number of carbonyl (C=O) groups is 1. The van der Waals surface area contributed by atoms with E-state index in [1.54, 1.807) is 13.2 Å². The second kappa shape index (κ2) is 6.78. The molecular formula is C14H19ClN2O2. The van der Waals surface area contributed by atoms with Gasteiger partial charge in [-0.25, -0.2) is 0 Å². The molecule has 4 nitrogen and oxygen atoms in total. The number of nitrogens with zero attached hydrogens (tertiary/aromatic N) is 2. The van der Waals surface area contributed by atoms with Crippen molar-refractivity contribution in [3.8, 4) is 5.75 Å².